The van der Waals surface area contributed by atoms with Crippen molar-refractivity contribution in [3.63, 3.8) is 0 Å². The summed E-state index contributed by atoms with van der Waals surface area (Å²) in [6.45, 7) is 6.96. The first kappa shape index (κ1) is 14.5. The maximum atomic E-state index is 12.1. The number of hydrogen-bond acceptors (Lipinski definition) is 3. The van der Waals surface area contributed by atoms with Crippen molar-refractivity contribution in [1.29, 1.82) is 0 Å². The second-order valence-electron chi connectivity index (χ2n) is 4.24. The molecule has 0 unspecified atom stereocenters. The van der Waals surface area contributed by atoms with E-state index in [9.17, 15) is 4.79 Å². The smallest absolute Gasteiger partial charge is 0.268 e. The Morgan fingerprint density at radius 2 is 1.89 bits per heavy atom. The van der Waals surface area contributed by atoms with E-state index >= 15 is 0 Å². The Hall–Kier alpha value is -0.950. The highest BCUT2D eigenvalue weighted by Gasteiger charge is 2.14. The van der Waals surface area contributed by atoms with Crippen molar-refractivity contribution in [2.45, 2.75) is 33.9 Å². The van der Waals surface area contributed by atoms with Crippen LogP contribution in [0.3, 0.4) is 0 Å². The van der Waals surface area contributed by atoms with Gasteiger partial charge in [-0.05, 0) is 52.6 Å². The minimum absolute atomic E-state index is 0.0825. The standard InChI is InChI=1S/C12H14Br2N4O/c1-4-18-9(10(13)8(3)16-18)5-17-6-15-7(2)11(14)12(17)19/h6H,4-5H2,1-3H3. The van der Waals surface area contributed by atoms with Gasteiger partial charge in [-0.2, -0.15) is 5.10 Å². The fourth-order valence-electron chi connectivity index (χ4n) is 1.84. The van der Waals surface area contributed by atoms with Crippen LogP contribution in [-0.2, 0) is 13.1 Å². The van der Waals surface area contributed by atoms with Crippen molar-refractivity contribution in [1.82, 2.24) is 19.3 Å². The predicted octanol–water partition coefficient (Wildman–Crippen LogP) is 2.65. The SMILES string of the molecule is CCn1nc(C)c(Br)c1Cn1cnc(C)c(Br)c1=O. The molecule has 0 saturated carbocycles. The van der Waals surface area contributed by atoms with Gasteiger partial charge in [0, 0.05) is 6.54 Å². The number of rotatable bonds is 3. The topological polar surface area (TPSA) is 52.7 Å². The Morgan fingerprint density at radius 1 is 1.21 bits per heavy atom. The molecular formula is C12H14Br2N4O. The molecule has 0 fully saturated rings. The van der Waals surface area contributed by atoms with Crippen LogP contribution in [0.15, 0.2) is 20.1 Å². The van der Waals surface area contributed by atoms with E-state index in [2.05, 4.69) is 41.9 Å². The van der Waals surface area contributed by atoms with Crippen molar-refractivity contribution in [2.24, 2.45) is 0 Å². The van der Waals surface area contributed by atoms with E-state index in [1.165, 1.54) is 0 Å². The lowest BCUT2D eigenvalue weighted by atomic mass is 10.3. The Morgan fingerprint density at radius 3 is 2.53 bits per heavy atom. The molecule has 2 aromatic heterocycles. The summed E-state index contributed by atoms with van der Waals surface area (Å²) in [5, 5.41) is 4.42. The van der Waals surface area contributed by atoms with Gasteiger partial charge in [-0.25, -0.2) is 4.98 Å². The van der Waals surface area contributed by atoms with Crippen LogP contribution < -0.4 is 5.56 Å². The fraction of sp³-hybridized carbons (Fsp3) is 0.417. The first-order valence-corrected chi connectivity index (χ1v) is 7.47. The lowest BCUT2D eigenvalue weighted by molar-refractivity contribution is 0.585. The molecule has 0 spiro atoms. The van der Waals surface area contributed by atoms with E-state index in [0.717, 1.165) is 22.4 Å². The van der Waals surface area contributed by atoms with Crippen LogP contribution in [0.25, 0.3) is 0 Å². The van der Waals surface area contributed by atoms with Crippen molar-refractivity contribution in [2.75, 3.05) is 0 Å². The van der Waals surface area contributed by atoms with Crippen LogP contribution in [0.5, 0.6) is 0 Å². The number of aryl methyl sites for hydroxylation is 3. The van der Waals surface area contributed by atoms with Gasteiger partial charge in [0.05, 0.1) is 34.4 Å². The summed E-state index contributed by atoms with van der Waals surface area (Å²) in [7, 11) is 0. The molecule has 0 aromatic carbocycles. The normalized spacial score (nSPS) is 11.0. The number of aromatic nitrogens is 4. The molecule has 0 bridgehead atoms. The lowest BCUT2D eigenvalue weighted by Gasteiger charge is -2.09. The van der Waals surface area contributed by atoms with E-state index in [0.29, 0.717) is 16.7 Å². The van der Waals surface area contributed by atoms with Crippen LogP contribution in [0.4, 0.5) is 0 Å². The molecular weight excluding hydrogens is 376 g/mol. The fourth-order valence-corrected chi connectivity index (χ4v) is 2.58. The van der Waals surface area contributed by atoms with E-state index < -0.39 is 0 Å². The summed E-state index contributed by atoms with van der Waals surface area (Å²) >= 11 is 6.80. The molecule has 0 amide bonds. The number of hydrogen-bond donors (Lipinski definition) is 0. The third kappa shape index (κ3) is 2.67. The van der Waals surface area contributed by atoms with Gasteiger partial charge in [0.25, 0.3) is 5.56 Å². The van der Waals surface area contributed by atoms with Gasteiger partial charge in [0.1, 0.15) is 4.47 Å². The van der Waals surface area contributed by atoms with Gasteiger partial charge >= 0.3 is 0 Å². The van der Waals surface area contributed by atoms with E-state index in [1.807, 2.05) is 18.5 Å². The summed E-state index contributed by atoms with van der Waals surface area (Å²) in [6.07, 6.45) is 1.57. The summed E-state index contributed by atoms with van der Waals surface area (Å²) in [5.74, 6) is 0. The second kappa shape index (κ2) is 5.58. The molecule has 0 atom stereocenters. The Kier molecular flexibility index (Phi) is 4.25. The van der Waals surface area contributed by atoms with Crippen molar-refractivity contribution >= 4 is 31.9 Å². The maximum Gasteiger partial charge on any atom is 0.268 e. The first-order chi connectivity index (χ1) is 8.95. The minimum Gasteiger partial charge on any atom is -0.292 e. The summed E-state index contributed by atoms with van der Waals surface area (Å²) < 4.78 is 4.91. The molecule has 0 aliphatic carbocycles. The summed E-state index contributed by atoms with van der Waals surface area (Å²) in [5.41, 5.74) is 2.50. The molecule has 0 radical (unpaired) electrons. The zero-order chi connectivity index (χ0) is 14.2. The van der Waals surface area contributed by atoms with Crippen LogP contribution in [0, 0.1) is 13.8 Å². The van der Waals surface area contributed by atoms with Crippen molar-refractivity contribution < 1.29 is 0 Å². The third-order valence-corrected chi connectivity index (χ3v) is 4.87. The molecule has 2 aromatic rings. The van der Waals surface area contributed by atoms with Crippen molar-refractivity contribution in [3.8, 4) is 0 Å². The minimum atomic E-state index is -0.0825. The maximum absolute atomic E-state index is 12.1. The van der Waals surface area contributed by atoms with Gasteiger partial charge in [-0.15, -0.1) is 0 Å². The van der Waals surface area contributed by atoms with Crippen LogP contribution in [-0.4, -0.2) is 19.3 Å². The monoisotopic (exact) mass is 388 g/mol. The largest absolute Gasteiger partial charge is 0.292 e. The average Bonchev–Trinajstić information content (AvgIpc) is 2.66. The molecule has 7 heteroatoms. The first-order valence-electron chi connectivity index (χ1n) is 5.89. The molecule has 102 valence electrons. The molecule has 2 heterocycles. The highest BCUT2D eigenvalue weighted by atomic mass is 79.9. The van der Waals surface area contributed by atoms with Crippen molar-refractivity contribution in [3.05, 3.63) is 42.7 Å². The average molecular weight is 390 g/mol. The van der Waals surface area contributed by atoms with Crippen LogP contribution >= 0.6 is 31.9 Å². The summed E-state index contributed by atoms with van der Waals surface area (Å²) in [4.78, 5) is 16.3. The van der Waals surface area contributed by atoms with Gasteiger partial charge in [-0.3, -0.25) is 14.0 Å². The quantitative estimate of drug-likeness (QED) is 0.810. The summed E-state index contributed by atoms with van der Waals surface area (Å²) in [6, 6.07) is 0. The Bertz CT molecular complexity index is 675. The zero-order valence-electron chi connectivity index (χ0n) is 10.9. The van der Waals surface area contributed by atoms with Gasteiger partial charge in [-0.1, -0.05) is 0 Å². The molecule has 0 N–H and O–H groups in total. The molecule has 0 aliphatic heterocycles. The number of halogens is 2. The second-order valence-corrected chi connectivity index (χ2v) is 5.82. The molecule has 5 nitrogen and oxygen atoms in total. The van der Waals surface area contributed by atoms with Gasteiger partial charge in [0.2, 0.25) is 0 Å². The zero-order valence-corrected chi connectivity index (χ0v) is 14.1. The van der Waals surface area contributed by atoms with Gasteiger partial charge < -0.3 is 0 Å². The third-order valence-electron chi connectivity index (χ3n) is 2.93. The lowest BCUT2D eigenvalue weighted by Crippen LogP contribution is -2.24. The highest BCUT2D eigenvalue weighted by molar-refractivity contribution is 9.10. The molecule has 2 rings (SSSR count). The highest BCUT2D eigenvalue weighted by Crippen LogP contribution is 2.21. The molecule has 0 saturated heterocycles. The van der Waals surface area contributed by atoms with Crippen LogP contribution in [0.1, 0.15) is 24.0 Å². The Balaban J connectivity index is 2.48. The Labute approximate surface area is 127 Å². The van der Waals surface area contributed by atoms with E-state index in [1.54, 1.807) is 17.8 Å². The van der Waals surface area contributed by atoms with Crippen LogP contribution in [0.2, 0.25) is 0 Å². The van der Waals surface area contributed by atoms with E-state index in [-0.39, 0.29) is 5.56 Å². The molecule has 0 aliphatic rings. The van der Waals surface area contributed by atoms with E-state index in [4.69, 9.17) is 0 Å². The van der Waals surface area contributed by atoms with Gasteiger partial charge in [0.15, 0.2) is 0 Å². The molecule has 19 heavy (non-hydrogen) atoms. The number of nitrogens with zero attached hydrogens (tertiary/aromatic N) is 4. The predicted molar refractivity (Wildman–Crippen MR) is 80.4 cm³/mol.